The molecule has 0 unspecified atom stereocenters. The van der Waals surface area contributed by atoms with Gasteiger partial charge in [0.2, 0.25) is 0 Å². The van der Waals surface area contributed by atoms with Gasteiger partial charge < -0.3 is 14.9 Å². The number of hydrogen-bond acceptors (Lipinski definition) is 4. The highest BCUT2D eigenvalue weighted by molar-refractivity contribution is 8.01. The van der Waals surface area contributed by atoms with Crippen molar-refractivity contribution in [2.45, 2.75) is 29.1 Å². The van der Waals surface area contributed by atoms with Gasteiger partial charge in [0.15, 0.2) is 0 Å². The van der Waals surface area contributed by atoms with Gasteiger partial charge in [0.1, 0.15) is 11.7 Å². The van der Waals surface area contributed by atoms with Crippen LogP contribution in [0.4, 0.5) is 0 Å². The van der Waals surface area contributed by atoms with Gasteiger partial charge in [-0.15, -0.1) is 11.8 Å². The molecule has 64 valence electrons. The number of rotatable bonds is 1. The van der Waals surface area contributed by atoms with Crippen LogP contribution in [-0.4, -0.2) is 45.6 Å². The number of aliphatic hydroxyl groups excluding tert-OH is 2. The Hall–Kier alpha value is 0.230. The zero-order valence-corrected chi connectivity index (χ0v) is 7.04. The van der Waals surface area contributed by atoms with Gasteiger partial charge >= 0.3 is 0 Å². The average Bonchev–Trinajstić information content (AvgIpc) is 2.41. The summed E-state index contributed by atoms with van der Waals surface area (Å²) >= 11 is 1.53. The molecule has 0 aromatic carbocycles. The summed E-state index contributed by atoms with van der Waals surface area (Å²) in [7, 11) is 0. The molecule has 0 saturated carbocycles. The first kappa shape index (κ1) is 6.71. The molecule has 5 atom stereocenters. The van der Waals surface area contributed by atoms with Crippen LogP contribution in [0.25, 0.3) is 0 Å². The van der Waals surface area contributed by atoms with Gasteiger partial charge in [0.05, 0.1) is 19.8 Å². The van der Waals surface area contributed by atoms with Gasteiger partial charge in [-0.05, 0) is 0 Å². The fraction of sp³-hybridized carbons (Fsp3) is 1.00. The molecular weight excluding hydrogens is 164 g/mol. The van der Waals surface area contributed by atoms with E-state index in [0.717, 1.165) is 0 Å². The molecule has 0 aromatic heterocycles. The highest BCUT2D eigenvalue weighted by atomic mass is 32.2. The van der Waals surface area contributed by atoms with Crippen LogP contribution in [0.1, 0.15) is 8.29 Å². The summed E-state index contributed by atoms with van der Waals surface area (Å²) in [5, 5.41) is 18.7. The lowest BCUT2D eigenvalue weighted by Gasteiger charge is -2.30. The van der Waals surface area contributed by atoms with Gasteiger partial charge in [-0.3, -0.25) is 0 Å². The number of thioether (sulfide) groups is 1. The van der Waals surface area contributed by atoms with E-state index in [1.165, 1.54) is 11.8 Å². The molecule has 0 aliphatic carbocycles. The van der Waals surface area contributed by atoms with E-state index in [2.05, 4.69) is 0 Å². The van der Waals surface area contributed by atoms with Gasteiger partial charge in [-0.2, -0.15) is 0 Å². The normalized spacial score (nSPS) is 63.4. The van der Waals surface area contributed by atoms with Crippen LogP contribution in [-0.2, 0) is 4.74 Å². The van der Waals surface area contributed by atoms with Crippen LogP contribution < -0.4 is 0 Å². The Labute approximate surface area is 71.1 Å². The Bertz CT molecular complexity index is 203. The van der Waals surface area contributed by atoms with E-state index in [1.54, 1.807) is 0 Å². The van der Waals surface area contributed by atoms with Crippen LogP contribution in [0, 0.1) is 0 Å². The van der Waals surface area contributed by atoms with E-state index >= 15 is 0 Å². The van der Waals surface area contributed by atoms with E-state index in [-0.39, 0.29) is 17.1 Å². The van der Waals surface area contributed by atoms with Gasteiger partial charge in [0.25, 0.3) is 0 Å². The molecule has 2 aliphatic heterocycles. The van der Waals surface area contributed by atoms with Crippen molar-refractivity contribution in [3.05, 3.63) is 0 Å². The minimum absolute atomic E-state index is 0.0732. The molecule has 0 spiro atoms. The molecule has 2 N–H and O–H groups in total. The molecule has 0 amide bonds. The first-order chi connectivity index (χ1) is 5.62. The van der Waals surface area contributed by atoms with Crippen LogP contribution >= 0.6 is 11.8 Å². The SMILES string of the molecule is [3H][C@@H]1O[C@@]2(CO)[C@H](C)S[C@@H]1[C@@H]2O. The standard InChI is InChI=1S/C7H12O3S/c1-4-7(3-8)6(9)5(11-4)2-10-7/h4-6,8-9H,2-3H2,1H3/t4-,5-,6-,7-/m0/s1/i2T/t2-,4-,5-,6-,7-. The number of hydrogen-bond donors (Lipinski definition) is 2. The second-order valence-electron chi connectivity index (χ2n) is 3.05. The summed E-state index contributed by atoms with van der Waals surface area (Å²) in [5.41, 5.74) is -0.873. The summed E-state index contributed by atoms with van der Waals surface area (Å²) in [4.78, 5) is 0. The van der Waals surface area contributed by atoms with Gasteiger partial charge in [0, 0.05) is 5.25 Å². The fourth-order valence-corrected chi connectivity index (χ4v) is 3.14. The number of aliphatic hydroxyl groups is 2. The van der Waals surface area contributed by atoms with Crippen LogP contribution in [0.5, 0.6) is 0 Å². The predicted molar refractivity (Wildman–Crippen MR) is 42.6 cm³/mol. The molecule has 2 aliphatic rings. The van der Waals surface area contributed by atoms with Crippen molar-refractivity contribution in [3.8, 4) is 0 Å². The van der Waals surface area contributed by atoms with Crippen molar-refractivity contribution < 1.29 is 16.3 Å². The van der Waals surface area contributed by atoms with E-state index < -0.39 is 18.3 Å². The third-order valence-electron chi connectivity index (χ3n) is 2.53. The van der Waals surface area contributed by atoms with Gasteiger partial charge in [-0.1, -0.05) is 6.92 Å². The minimum Gasteiger partial charge on any atom is -0.393 e. The third-order valence-corrected chi connectivity index (χ3v) is 4.02. The Kier molecular flexibility index (Phi) is 1.44. The molecule has 0 radical (unpaired) electrons. The summed E-state index contributed by atoms with van der Waals surface area (Å²) in [6.45, 7) is 1.03. The van der Waals surface area contributed by atoms with Crippen molar-refractivity contribution in [2.24, 2.45) is 0 Å². The number of fused-ring (bicyclic) bond motifs is 2. The second kappa shape index (κ2) is 2.36. The third kappa shape index (κ3) is 0.811. The van der Waals surface area contributed by atoms with E-state index in [9.17, 15) is 5.11 Å². The second-order valence-corrected chi connectivity index (χ2v) is 4.58. The van der Waals surface area contributed by atoms with Crippen LogP contribution in [0.2, 0.25) is 0 Å². The van der Waals surface area contributed by atoms with Gasteiger partial charge in [-0.25, -0.2) is 0 Å². The molecule has 2 saturated heterocycles. The molecule has 0 aromatic rings. The molecule has 3 nitrogen and oxygen atoms in total. The number of ether oxygens (including phenoxy) is 1. The molecule has 11 heavy (non-hydrogen) atoms. The Morgan fingerprint density at radius 3 is 3.00 bits per heavy atom. The van der Waals surface area contributed by atoms with Crippen molar-refractivity contribution in [1.29, 1.82) is 0 Å². The molecular formula is C7H12O3S. The zero-order chi connectivity index (χ0) is 8.93. The maximum absolute atomic E-state index is 9.69. The smallest absolute Gasteiger partial charge is 0.130 e. The van der Waals surface area contributed by atoms with Crippen molar-refractivity contribution in [2.75, 3.05) is 13.2 Å². The monoisotopic (exact) mass is 178 g/mol. The summed E-state index contributed by atoms with van der Waals surface area (Å²) in [5.74, 6) is 0. The molecule has 2 bridgehead atoms. The lowest BCUT2D eigenvalue weighted by atomic mass is 9.95. The minimum atomic E-state index is -0.873. The fourth-order valence-electron chi connectivity index (χ4n) is 1.67. The maximum Gasteiger partial charge on any atom is 0.130 e. The molecule has 4 heteroatoms. The Balaban J connectivity index is 2.30. The molecule has 2 fully saturated rings. The first-order valence-corrected chi connectivity index (χ1v) is 4.60. The zero-order valence-electron chi connectivity index (χ0n) is 7.23. The highest BCUT2D eigenvalue weighted by Crippen LogP contribution is 2.48. The summed E-state index contributed by atoms with van der Waals surface area (Å²) < 4.78 is 12.7. The van der Waals surface area contributed by atoms with Crippen molar-refractivity contribution in [3.63, 3.8) is 0 Å². The van der Waals surface area contributed by atoms with E-state index in [0.29, 0.717) is 0 Å². The van der Waals surface area contributed by atoms with E-state index in [1.807, 2.05) is 6.92 Å². The highest BCUT2D eigenvalue weighted by Gasteiger charge is 2.59. The van der Waals surface area contributed by atoms with Crippen LogP contribution in [0.15, 0.2) is 0 Å². The first-order valence-electron chi connectivity index (χ1n) is 4.24. The quantitative estimate of drug-likeness (QED) is 0.574. The van der Waals surface area contributed by atoms with Crippen LogP contribution in [0.3, 0.4) is 0 Å². The average molecular weight is 178 g/mol. The summed E-state index contributed by atoms with van der Waals surface area (Å²) in [6.07, 6.45) is -0.690. The lowest BCUT2D eigenvalue weighted by Crippen LogP contribution is -2.47. The summed E-state index contributed by atoms with van der Waals surface area (Å²) in [6, 6.07) is 0. The predicted octanol–water partition coefficient (Wildman–Crippen LogP) is -0.388. The largest absolute Gasteiger partial charge is 0.393 e. The molecule has 2 rings (SSSR count). The lowest BCUT2D eigenvalue weighted by molar-refractivity contribution is -0.0855. The van der Waals surface area contributed by atoms with Crippen molar-refractivity contribution in [1.82, 2.24) is 0 Å². The molecule has 2 heterocycles. The Morgan fingerprint density at radius 1 is 1.91 bits per heavy atom. The van der Waals surface area contributed by atoms with E-state index in [4.69, 9.17) is 11.2 Å². The maximum atomic E-state index is 9.69. The topological polar surface area (TPSA) is 49.7 Å². The van der Waals surface area contributed by atoms with Crippen molar-refractivity contribution >= 4 is 11.8 Å². The Morgan fingerprint density at radius 2 is 2.64 bits per heavy atom.